The van der Waals surface area contributed by atoms with Crippen LogP contribution in [0.25, 0.3) is 0 Å². The Kier molecular flexibility index (Phi) is 7.52. The fourth-order valence-corrected chi connectivity index (χ4v) is 4.88. The topological polar surface area (TPSA) is 68.4 Å². The van der Waals surface area contributed by atoms with Crippen molar-refractivity contribution < 1.29 is 9.84 Å². The van der Waals surface area contributed by atoms with Crippen LogP contribution in [0.4, 0.5) is 0 Å². The van der Waals surface area contributed by atoms with Gasteiger partial charge in [0.05, 0.1) is 11.7 Å². The number of rotatable bonds is 8. The minimum Gasteiger partial charge on any atom is -0.388 e. The number of hydrogen-bond donors (Lipinski definition) is 2. The Labute approximate surface area is 171 Å². The van der Waals surface area contributed by atoms with Crippen LogP contribution in [-0.2, 0) is 24.0 Å². The summed E-state index contributed by atoms with van der Waals surface area (Å²) in [4.78, 5) is 4.63. The number of fused-ring (bicyclic) bond motifs is 1. The van der Waals surface area contributed by atoms with Crippen LogP contribution in [-0.4, -0.2) is 34.4 Å². The lowest BCUT2D eigenvalue weighted by Gasteiger charge is -2.33. The van der Waals surface area contributed by atoms with Crippen molar-refractivity contribution in [2.24, 2.45) is 17.6 Å². The zero-order chi connectivity index (χ0) is 20.1. The predicted molar refractivity (Wildman–Crippen MR) is 114 cm³/mol. The molecule has 3 unspecified atom stereocenters. The molecule has 2 aliphatic rings. The second-order valence-electron chi connectivity index (χ2n) is 9.87. The Morgan fingerprint density at radius 3 is 2.71 bits per heavy atom. The van der Waals surface area contributed by atoms with E-state index in [0.29, 0.717) is 18.4 Å². The van der Waals surface area contributed by atoms with Crippen molar-refractivity contribution in [3.05, 3.63) is 29.1 Å². The van der Waals surface area contributed by atoms with Gasteiger partial charge in [-0.1, -0.05) is 33.1 Å². The Balaban J connectivity index is 1.60. The van der Waals surface area contributed by atoms with E-state index >= 15 is 0 Å². The molecule has 0 bridgehead atoms. The van der Waals surface area contributed by atoms with Gasteiger partial charge in [-0.15, -0.1) is 0 Å². The molecule has 1 aromatic rings. The van der Waals surface area contributed by atoms with Crippen molar-refractivity contribution in [2.75, 3.05) is 6.61 Å². The summed E-state index contributed by atoms with van der Waals surface area (Å²) in [5, 5.41) is 11.0. The van der Waals surface area contributed by atoms with Crippen molar-refractivity contribution in [1.29, 1.82) is 0 Å². The molecule has 0 saturated heterocycles. The first-order chi connectivity index (χ1) is 13.3. The summed E-state index contributed by atoms with van der Waals surface area (Å²) < 4.78 is 6.31. The maximum Gasteiger partial charge on any atom is 0.0825 e. The lowest BCUT2D eigenvalue weighted by Crippen LogP contribution is -2.48. The van der Waals surface area contributed by atoms with E-state index in [1.165, 1.54) is 43.2 Å². The zero-order valence-electron chi connectivity index (χ0n) is 18.1. The molecule has 0 radical (unpaired) electrons. The third-order valence-electron chi connectivity index (χ3n) is 6.75. The average Bonchev–Trinajstić information content (AvgIpc) is 2.66. The van der Waals surface area contributed by atoms with E-state index in [1.807, 2.05) is 13.1 Å². The number of aliphatic hydroxyl groups is 1. The second kappa shape index (κ2) is 9.69. The van der Waals surface area contributed by atoms with E-state index in [9.17, 15) is 5.11 Å². The van der Waals surface area contributed by atoms with E-state index in [1.54, 1.807) is 0 Å². The van der Waals surface area contributed by atoms with Crippen LogP contribution < -0.4 is 5.73 Å². The van der Waals surface area contributed by atoms with Gasteiger partial charge in [0.15, 0.2) is 0 Å². The van der Waals surface area contributed by atoms with Crippen molar-refractivity contribution >= 4 is 0 Å². The normalized spacial score (nSPS) is 24.0. The summed E-state index contributed by atoms with van der Waals surface area (Å²) in [7, 11) is 0. The van der Waals surface area contributed by atoms with Gasteiger partial charge in [0.25, 0.3) is 0 Å². The summed E-state index contributed by atoms with van der Waals surface area (Å²) >= 11 is 0. The van der Waals surface area contributed by atoms with E-state index in [0.717, 1.165) is 43.9 Å². The molecule has 1 heterocycles. The van der Waals surface area contributed by atoms with Gasteiger partial charge >= 0.3 is 0 Å². The highest BCUT2D eigenvalue weighted by Crippen LogP contribution is 2.30. The smallest absolute Gasteiger partial charge is 0.0825 e. The first-order valence-corrected chi connectivity index (χ1v) is 11.4. The van der Waals surface area contributed by atoms with Gasteiger partial charge in [0.2, 0.25) is 0 Å². The molecule has 2 aliphatic carbocycles. The highest BCUT2D eigenvalue weighted by molar-refractivity contribution is 5.34. The van der Waals surface area contributed by atoms with Crippen molar-refractivity contribution in [1.82, 2.24) is 4.98 Å². The Morgan fingerprint density at radius 2 is 2.00 bits per heavy atom. The van der Waals surface area contributed by atoms with E-state index in [-0.39, 0.29) is 6.04 Å². The molecule has 0 aliphatic heterocycles. The molecular formula is C24H40N2O2. The van der Waals surface area contributed by atoms with Gasteiger partial charge in [-0.2, -0.15) is 0 Å². The predicted octanol–water partition coefficient (Wildman–Crippen LogP) is 4.20. The minimum absolute atomic E-state index is 0.236. The largest absolute Gasteiger partial charge is 0.388 e. The molecule has 4 heteroatoms. The number of nitrogens with zero attached hydrogens (tertiary/aromatic N) is 1. The van der Waals surface area contributed by atoms with Crippen LogP contribution in [0.2, 0.25) is 0 Å². The summed E-state index contributed by atoms with van der Waals surface area (Å²) in [5.41, 5.74) is 9.06. The molecule has 28 heavy (non-hydrogen) atoms. The van der Waals surface area contributed by atoms with E-state index < -0.39 is 5.60 Å². The molecule has 0 amide bonds. The number of hydrogen-bond acceptors (Lipinski definition) is 4. The fourth-order valence-electron chi connectivity index (χ4n) is 4.88. The molecule has 3 rings (SSSR count). The third-order valence-corrected chi connectivity index (χ3v) is 6.75. The minimum atomic E-state index is -0.930. The van der Waals surface area contributed by atoms with Gasteiger partial charge in [-0.3, -0.25) is 4.98 Å². The quantitative estimate of drug-likeness (QED) is 0.700. The molecular weight excluding hydrogens is 348 g/mol. The summed E-state index contributed by atoms with van der Waals surface area (Å²) in [6.07, 6.45) is 13.4. The van der Waals surface area contributed by atoms with Crippen LogP contribution in [0.3, 0.4) is 0 Å². The fraction of sp³-hybridized carbons (Fsp3) is 0.792. The first kappa shape index (κ1) is 21.7. The summed E-state index contributed by atoms with van der Waals surface area (Å²) in [6, 6.07) is 1.90. The molecule has 0 spiro atoms. The Bertz CT molecular complexity index is 623. The van der Waals surface area contributed by atoms with Gasteiger partial charge in [-0.25, -0.2) is 0 Å². The van der Waals surface area contributed by atoms with Crippen LogP contribution in [0.1, 0.15) is 82.5 Å². The lowest BCUT2D eigenvalue weighted by atomic mass is 9.82. The van der Waals surface area contributed by atoms with Gasteiger partial charge in [0.1, 0.15) is 0 Å². The van der Waals surface area contributed by atoms with E-state index in [4.69, 9.17) is 10.5 Å². The number of pyridine rings is 1. The number of nitrogens with two attached hydrogens (primary N) is 1. The van der Waals surface area contributed by atoms with Crippen LogP contribution in [0, 0.1) is 11.8 Å². The van der Waals surface area contributed by atoms with Gasteiger partial charge in [0, 0.05) is 31.0 Å². The van der Waals surface area contributed by atoms with Crippen LogP contribution in [0.5, 0.6) is 0 Å². The highest BCUT2D eigenvalue weighted by Gasteiger charge is 2.32. The van der Waals surface area contributed by atoms with Crippen molar-refractivity contribution in [2.45, 2.75) is 103 Å². The average molecular weight is 389 g/mol. The molecule has 1 fully saturated rings. The molecule has 0 aromatic carbocycles. The summed E-state index contributed by atoms with van der Waals surface area (Å²) in [6.45, 7) is 7.08. The van der Waals surface area contributed by atoms with Crippen LogP contribution in [0.15, 0.2) is 12.3 Å². The first-order valence-electron chi connectivity index (χ1n) is 11.4. The lowest BCUT2D eigenvalue weighted by molar-refractivity contribution is 0.0128. The highest BCUT2D eigenvalue weighted by atomic mass is 16.5. The Hall–Kier alpha value is -0.970. The van der Waals surface area contributed by atoms with Gasteiger partial charge < -0.3 is 15.6 Å². The molecule has 3 N–H and O–H groups in total. The van der Waals surface area contributed by atoms with Crippen LogP contribution >= 0.6 is 0 Å². The standard InChI is InChI=1S/C24H40N2O2/c1-17(2)13-23(25)24(3,27)15-22-21-10-9-20(14-19(21)11-12-26-22)28-16-18-7-5-4-6-8-18/h11-12,17-18,20,23,27H,4-10,13-16,25H2,1-3H3. The van der Waals surface area contributed by atoms with Gasteiger partial charge in [-0.05, 0) is 74.5 Å². The molecule has 4 nitrogen and oxygen atoms in total. The van der Waals surface area contributed by atoms with E-state index in [2.05, 4.69) is 24.9 Å². The van der Waals surface area contributed by atoms with Crippen molar-refractivity contribution in [3.63, 3.8) is 0 Å². The monoisotopic (exact) mass is 388 g/mol. The SMILES string of the molecule is CC(C)CC(N)C(C)(O)Cc1nccc2c1CCC(OCC1CCCCC1)C2. The zero-order valence-corrected chi connectivity index (χ0v) is 18.1. The second-order valence-corrected chi connectivity index (χ2v) is 9.87. The molecule has 158 valence electrons. The molecule has 1 aromatic heterocycles. The maximum atomic E-state index is 11.0. The molecule has 1 saturated carbocycles. The Morgan fingerprint density at radius 1 is 1.25 bits per heavy atom. The summed E-state index contributed by atoms with van der Waals surface area (Å²) in [5.74, 6) is 1.24. The number of ether oxygens (including phenoxy) is 1. The van der Waals surface area contributed by atoms with Crippen molar-refractivity contribution in [3.8, 4) is 0 Å². The number of aromatic nitrogens is 1. The third kappa shape index (κ3) is 5.77. The molecule has 3 atom stereocenters. The maximum absolute atomic E-state index is 11.0.